The van der Waals surface area contributed by atoms with E-state index in [1.165, 1.54) is 5.56 Å². The highest BCUT2D eigenvalue weighted by Gasteiger charge is 2.35. The predicted molar refractivity (Wildman–Crippen MR) is 147 cm³/mol. The first-order valence-electron chi connectivity index (χ1n) is 13.4. The molecule has 38 heavy (non-hydrogen) atoms. The van der Waals surface area contributed by atoms with Gasteiger partial charge in [0.15, 0.2) is 11.5 Å². The van der Waals surface area contributed by atoms with Crippen molar-refractivity contribution >= 4 is 22.6 Å². The molecule has 0 N–H and O–H groups in total. The summed E-state index contributed by atoms with van der Waals surface area (Å²) in [6.45, 7) is 6.70. The van der Waals surface area contributed by atoms with Gasteiger partial charge in [0.1, 0.15) is 11.6 Å². The van der Waals surface area contributed by atoms with Gasteiger partial charge in [0.2, 0.25) is 12.7 Å². The largest absolute Gasteiger partial charge is 0.494 e. The molecule has 4 aromatic rings. The molecule has 6 rings (SSSR count). The smallest absolute Gasteiger partial charge is 0.231 e. The van der Waals surface area contributed by atoms with Gasteiger partial charge in [-0.05, 0) is 60.7 Å². The molecular weight excluding hydrogens is 478 g/mol. The molecule has 1 saturated heterocycles. The van der Waals surface area contributed by atoms with Gasteiger partial charge >= 0.3 is 0 Å². The standard InChI is InChI=1S/C31H33N3O4/c1-21(2)22-9-12-25(13-10-22)36-16-6-5-15-33-27-8-4-3-7-26(27)32-31(33)23-17-30(35)34(19-23)24-11-14-28-29(18-24)38-20-37-28/h3-4,7-14,18,21,23H,5-6,15-17,19-20H2,1-2H3. The van der Waals surface area contributed by atoms with Gasteiger partial charge in [0.05, 0.1) is 17.6 Å². The number of para-hydroxylation sites is 2. The maximum Gasteiger partial charge on any atom is 0.231 e. The monoisotopic (exact) mass is 511 g/mol. The van der Waals surface area contributed by atoms with Crippen LogP contribution in [0, 0.1) is 0 Å². The van der Waals surface area contributed by atoms with Gasteiger partial charge in [-0.3, -0.25) is 4.79 Å². The molecule has 3 heterocycles. The second-order valence-corrected chi connectivity index (χ2v) is 10.3. The minimum Gasteiger partial charge on any atom is -0.494 e. The molecule has 7 nitrogen and oxygen atoms in total. The average Bonchev–Trinajstić information content (AvgIpc) is 3.65. The third kappa shape index (κ3) is 4.80. The molecule has 2 aliphatic heterocycles. The van der Waals surface area contributed by atoms with E-state index in [4.69, 9.17) is 19.2 Å². The molecule has 1 unspecified atom stereocenters. The molecule has 1 amide bonds. The van der Waals surface area contributed by atoms with Crippen molar-refractivity contribution in [3.8, 4) is 17.2 Å². The number of carbonyl (C=O) groups excluding carboxylic acids is 1. The van der Waals surface area contributed by atoms with Crippen molar-refractivity contribution in [2.24, 2.45) is 0 Å². The van der Waals surface area contributed by atoms with Gasteiger partial charge in [0, 0.05) is 37.2 Å². The van der Waals surface area contributed by atoms with Crippen LogP contribution >= 0.6 is 0 Å². The third-order valence-electron chi connectivity index (χ3n) is 7.43. The first-order valence-corrected chi connectivity index (χ1v) is 13.4. The molecule has 196 valence electrons. The van der Waals surface area contributed by atoms with Crippen molar-refractivity contribution in [1.29, 1.82) is 0 Å². The van der Waals surface area contributed by atoms with E-state index in [1.54, 1.807) is 0 Å². The Morgan fingerprint density at radius 2 is 1.82 bits per heavy atom. The Balaban J connectivity index is 1.13. The first-order chi connectivity index (χ1) is 18.6. The van der Waals surface area contributed by atoms with Crippen molar-refractivity contribution in [2.45, 2.75) is 51.5 Å². The number of fused-ring (bicyclic) bond motifs is 2. The number of anilines is 1. The van der Waals surface area contributed by atoms with Crippen LogP contribution < -0.4 is 19.1 Å². The van der Waals surface area contributed by atoms with E-state index in [0.29, 0.717) is 31.2 Å². The van der Waals surface area contributed by atoms with E-state index in [1.807, 2.05) is 41.3 Å². The maximum absolute atomic E-state index is 13.1. The number of amides is 1. The van der Waals surface area contributed by atoms with E-state index >= 15 is 0 Å². The fourth-order valence-corrected chi connectivity index (χ4v) is 5.33. The fraction of sp³-hybridized carbons (Fsp3) is 0.355. The second-order valence-electron chi connectivity index (χ2n) is 10.3. The van der Waals surface area contributed by atoms with E-state index in [-0.39, 0.29) is 18.6 Å². The summed E-state index contributed by atoms with van der Waals surface area (Å²) in [6, 6.07) is 22.3. The SMILES string of the molecule is CC(C)c1ccc(OCCCCn2c(C3CC(=O)N(c4ccc5c(c4)OCO5)C3)nc3ccccc32)cc1. The summed E-state index contributed by atoms with van der Waals surface area (Å²) in [4.78, 5) is 19.9. The van der Waals surface area contributed by atoms with Crippen LogP contribution in [0.15, 0.2) is 66.7 Å². The summed E-state index contributed by atoms with van der Waals surface area (Å²) in [6.07, 6.45) is 2.34. The number of imidazole rings is 1. The minimum atomic E-state index is 0.0241. The lowest BCUT2D eigenvalue weighted by molar-refractivity contribution is -0.117. The zero-order valence-electron chi connectivity index (χ0n) is 21.9. The summed E-state index contributed by atoms with van der Waals surface area (Å²) >= 11 is 0. The first kappa shape index (κ1) is 24.3. The summed E-state index contributed by atoms with van der Waals surface area (Å²) in [5, 5.41) is 0. The number of rotatable bonds is 9. The Hall–Kier alpha value is -4.00. The van der Waals surface area contributed by atoms with Crippen molar-refractivity contribution < 1.29 is 19.0 Å². The highest BCUT2D eigenvalue weighted by molar-refractivity contribution is 5.97. The molecule has 0 radical (unpaired) electrons. The zero-order chi connectivity index (χ0) is 26.1. The number of unbranched alkanes of at least 4 members (excludes halogenated alkanes) is 1. The van der Waals surface area contributed by atoms with E-state index in [2.05, 4.69) is 48.7 Å². The number of benzene rings is 3. The quantitative estimate of drug-likeness (QED) is 0.248. The molecule has 1 fully saturated rings. The number of ether oxygens (including phenoxy) is 3. The molecule has 2 aliphatic rings. The molecule has 0 bridgehead atoms. The number of aryl methyl sites for hydroxylation is 1. The zero-order valence-corrected chi connectivity index (χ0v) is 21.9. The highest BCUT2D eigenvalue weighted by atomic mass is 16.7. The Labute approximate surface area is 222 Å². The number of hydrogen-bond donors (Lipinski definition) is 0. The van der Waals surface area contributed by atoms with Gasteiger partial charge in [-0.15, -0.1) is 0 Å². The topological polar surface area (TPSA) is 65.8 Å². The minimum absolute atomic E-state index is 0.0241. The lowest BCUT2D eigenvalue weighted by Crippen LogP contribution is -2.24. The van der Waals surface area contributed by atoms with Crippen LogP contribution in [0.5, 0.6) is 17.2 Å². The number of nitrogens with zero attached hydrogens (tertiary/aromatic N) is 3. The van der Waals surface area contributed by atoms with Crippen LogP contribution in [0.1, 0.15) is 56.3 Å². The van der Waals surface area contributed by atoms with Gasteiger partial charge in [-0.2, -0.15) is 0 Å². The normalized spacial score (nSPS) is 16.7. The van der Waals surface area contributed by atoms with Crippen LogP contribution in [0.25, 0.3) is 11.0 Å². The molecule has 1 aromatic heterocycles. The van der Waals surface area contributed by atoms with Crippen LogP contribution in [-0.4, -0.2) is 35.4 Å². The summed E-state index contributed by atoms with van der Waals surface area (Å²) in [5.41, 5.74) is 4.24. The Morgan fingerprint density at radius 1 is 1.00 bits per heavy atom. The second kappa shape index (κ2) is 10.4. The van der Waals surface area contributed by atoms with Crippen molar-refractivity contribution in [3.63, 3.8) is 0 Å². The van der Waals surface area contributed by atoms with Crippen molar-refractivity contribution in [1.82, 2.24) is 9.55 Å². The van der Waals surface area contributed by atoms with Gasteiger partial charge in [-0.25, -0.2) is 4.98 Å². The summed E-state index contributed by atoms with van der Waals surface area (Å²) < 4.78 is 19.2. The van der Waals surface area contributed by atoms with Crippen molar-refractivity contribution in [2.75, 3.05) is 24.8 Å². The van der Waals surface area contributed by atoms with E-state index in [9.17, 15) is 4.79 Å². The number of carbonyl (C=O) groups is 1. The highest BCUT2D eigenvalue weighted by Crippen LogP contribution is 2.39. The van der Waals surface area contributed by atoms with Gasteiger partial charge < -0.3 is 23.7 Å². The molecule has 7 heteroatoms. The molecule has 0 spiro atoms. The Bertz CT molecular complexity index is 1440. The number of hydrogen-bond acceptors (Lipinski definition) is 5. The van der Waals surface area contributed by atoms with Crippen molar-refractivity contribution in [3.05, 3.63) is 78.1 Å². The average molecular weight is 512 g/mol. The number of aromatic nitrogens is 2. The lowest BCUT2D eigenvalue weighted by Gasteiger charge is -2.18. The fourth-order valence-electron chi connectivity index (χ4n) is 5.33. The van der Waals surface area contributed by atoms with Crippen LogP contribution in [0.3, 0.4) is 0 Å². The molecule has 0 saturated carbocycles. The van der Waals surface area contributed by atoms with Crippen LogP contribution in [0.2, 0.25) is 0 Å². The molecular formula is C31H33N3O4. The molecule has 1 atom stereocenters. The predicted octanol–water partition coefficient (Wildman–Crippen LogP) is 6.27. The van der Waals surface area contributed by atoms with Gasteiger partial charge in [-0.1, -0.05) is 38.1 Å². The Morgan fingerprint density at radius 3 is 2.66 bits per heavy atom. The molecule has 0 aliphatic carbocycles. The summed E-state index contributed by atoms with van der Waals surface area (Å²) in [7, 11) is 0. The van der Waals surface area contributed by atoms with Crippen LogP contribution in [-0.2, 0) is 11.3 Å². The van der Waals surface area contributed by atoms with E-state index < -0.39 is 0 Å². The van der Waals surface area contributed by atoms with Gasteiger partial charge in [0.25, 0.3) is 0 Å². The summed E-state index contributed by atoms with van der Waals surface area (Å²) in [5.74, 6) is 3.94. The third-order valence-corrected chi connectivity index (χ3v) is 7.43. The molecule has 3 aromatic carbocycles. The Kier molecular flexibility index (Phi) is 6.66. The van der Waals surface area contributed by atoms with E-state index in [0.717, 1.165) is 53.4 Å². The van der Waals surface area contributed by atoms with Crippen LogP contribution in [0.4, 0.5) is 5.69 Å². The lowest BCUT2D eigenvalue weighted by atomic mass is 10.0. The maximum atomic E-state index is 13.1.